The normalized spacial score (nSPS) is 17.8. The highest BCUT2D eigenvalue weighted by molar-refractivity contribution is 8.13. The Morgan fingerprint density at radius 3 is 2.17 bits per heavy atom. The second kappa shape index (κ2) is 3.92. The first-order valence-corrected chi connectivity index (χ1v) is 6.21. The van der Waals surface area contributed by atoms with Crippen molar-refractivity contribution in [2.75, 3.05) is 5.75 Å². The maximum atomic E-state index is 13.4. The molecule has 0 spiro atoms. The highest BCUT2D eigenvalue weighted by Crippen LogP contribution is 2.23. The predicted octanol–water partition coefficient (Wildman–Crippen LogP) is 2.33. The van der Waals surface area contributed by atoms with Crippen molar-refractivity contribution in [1.29, 1.82) is 0 Å². The molecule has 0 aromatic heterocycles. The van der Waals surface area contributed by atoms with Crippen LogP contribution in [0.3, 0.4) is 0 Å². The highest BCUT2D eigenvalue weighted by atomic mass is 35.7. The minimum absolute atomic E-state index is 0.124. The summed E-state index contributed by atoms with van der Waals surface area (Å²) in [5, 5.41) is 0. The molecule has 0 bridgehead atoms. The van der Waals surface area contributed by atoms with Crippen LogP contribution in [0.1, 0.15) is 27.2 Å². The highest BCUT2D eigenvalue weighted by Gasteiger charge is 2.30. The molecule has 0 aliphatic rings. The predicted molar refractivity (Wildman–Crippen MR) is 48.6 cm³/mol. The van der Waals surface area contributed by atoms with Crippen molar-refractivity contribution in [3.8, 4) is 0 Å². The first-order chi connectivity index (χ1) is 5.12. The number of hydrogen-bond acceptors (Lipinski definition) is 2. The molecule has 0 fully saturated rings. The molecule has 0 rings (SSSR count). The van der Waals surface area contributed by atoms with Crippen LogP contribution in [-0.2, 0) is 9.05 Å². The summed E-state index contributed by atoms with van der Waals surface area (Å²) in [6.07, 6.45) is 0.207. The summed E-state index contributed by atoms with van der Waals surface area (Å²) in [5.74, 6) is -0.488. The van der Waals surface area contributed by atoms with Crippen LogP contribution in [0.15, 0.2) is 0 Å². The second-order valence-electron chi connectivity index (χ2n) is 3.69. The SMILES string of the molecule is CC(C)CC(C)(F)CS(=O)(=O)Cl. The Hall–Kier alpha value is 0.170. The molecule has 0 amide bonds. The quantitative estimate of drug-likeness (QED) is 0.676. The van der Waals surface area contributed by atoms with E-state index >= 15 is 0 Å². The van der Waals surface area contributed by atoms with E-state index in [4.69, 9.17) is 10.7 Å². The number of alkyl halides is 1. The fraction of sp³-hybridized carbons (Fsp3) is 1.00. The summed E-state index contributed by atoms with van der Waals surface area (Å²) >= 11 is 0. The molecule has 0 heterocycles. The van der Waals surface area contributed by atoms with E-state index in [9.17, 15) is 12.8 Å². The number of halogens is 2. The molecule has 12 heavy (non-hydrogen) atoms. The zero-order valence-corrected chi connectivity index (χ0v) is 9.04. The second-order valence-corrected chi connectivity index (χ2v) is 6.47. The zero-order chi connectivity index (χ0) is 9.99. The molecule has 1 unspecified atom stereocenters. The average Bonchev–Trinajstić information content (AvgIpc) is 1.48. The van der Waals surface area contributed by atoms with Gasteiger partial charge >= 0.3 is 0 Å². The van der Waals surface area contributed by atoms with Crippen LogP contribution in [0.25, 0.3) is 0 Å². The Labute approximate surface area is 77.5 Å². The molecule has 5 heteroatoms. The molecule has 74 valence electrons. The van der Waals surface area contributed by atoms with Crippen LogP contribution in [0.5, 0.6) is 0 Å². The molecule has 0 saturated heterocycles. The minimum Gasteiger partial charge on any atom is -0.243 e. The van der Waals surface area contributed by atoms with Gasteiger partial charge in [0.2, 0.25) is 9.05 Å². The van der Waals surface area contributed by atoms with Crippen LogP contribution in [-0.4, -0.2) is 19.8 Å². The molecule has 0 N–H and O–H groups in total. The minimum atomic E-state index is -3.73. The van der Waals surface area contributed by atoms with Gasteiger partial charge in [-0.25, -0.2) is 12.8 Å². The van der Waals surface area contributed by atoms with Gasteiger partial charge in [0, 0.05) is 10.7 Å². The maximum Gasteiger partial charge on any atom is 0.235 e. The monoisotopic (exact) mass is 216 g/mol. The lowest BCUT2D eigenvalue weighted by atomic mass is 9.98. The van der Waals surface area contributed by atoms with E-state index in [0.717, 1.165) is 0 Å². The summed E-state index contributed by atoms with van der Waals surface area (Å²) in [5.41, 5.74) is -1.71. The summed E-state index contributed by atoms with van der Waals surface area (Å²) in [6.45, 7) is 4.92. The Bertz CT molecular complexity index is 234. The van der Waals surface area contributed by atoms with Gasteiger partial charge in [-0.1, -0.05) is 13.8 Å². The molecule has 0 aliphatic carbocycles. The molecular weight excluding hydrogens is 203 g/mol. The van der Waals surface area contributed by atoms with E-state index in [1.54, 1.807) is 0 Å². The van der Waals surface area contributed by atoms with Crippen molar-refractivity contribution in [2.45, 2.75) is 32.9 Å². The van der Waals surface area contributed by atoms with E-state index in [2.05, 4.69) is 0 Å². The van der Waals surface area contributed by atoms with E-state index in [-0.39, 0.29) is 12.3 Å². The van der Waals surface area contributed by atoms with E-state index in [1.165, 1.54) is 6.92 Å². The molecule has 2 nitrogen and oxygen atoms in total. The van der Waals surface area contributed by atoms with Gasteiger partial charge < -0.3 is 0 Å². The lowest BCUT2D eigenvalue weighted by Gasteiger charge is -2.20. The third-order valence-corrected chi connectivity index (χ3v) is 2.58. The number of rotatable bonds is 4. The summed E-state index contributed by atoms with van der Waals surface area (Å²) in [6, 6.07) is 0. The first-order valence-electron chi connectivity index (χ1n) is 3.74. The standard InChI is InChI=1S/C7H14ClFO2S/c1-6(2)4-7(3,9)5-12(8,10)11/h6H,4-5H2,1-3H3. The van der Waals surface area contributed by atoms with Crippen molar-refractivity contribution in [3.63, 3.8) is 0 Å². The van der Waals surface area contributed by atoms with Crippen molar-refractivity contribution < 1.29 is 12.8 Å². The Morgan fingerprint density at radius 2 is 1.92 bits per heavy atom. The summed E-state index contributed by atoms with van der Waals surface area (Å²) in [7, 11) is 1.20. The first kappa shape index (κ1) is 12.2. The fourth-order valence-corrected chi connectivity index (χ4v) is 2.79. The Morgan fingerprint density at radius 1 is 1.50 bits per heavy atom. The molecule has 0 saturated carbocycles. The summed E-state index contributed by atoms with van der Waals surface area (Å²) in [4.78, 5) is 0. The molecule has 0 radical (unpaired) electrons. The summed E-state index contributed by atoms with van der Waals surface area (Å²) < 4.78 is 34.5. The van der Waals surface area contributed by atoms with Crippen LogP contribution in [0.2, 0.25) is 0 Å². The fourth-order valence-electron chi connectivity index (χ4n) is 1.27. The van der Waals surface area contributed by atoms with Gasteiger partial charge in [-0.15, -0.1) is 0 Å². The molecule has 0 aliphatic heterocycles. The van der Waals surface area contributed by atoms with Crippen molar-refractivity contribution in [1.82, 2.24) is 0 Å². The number of hydrogen-bond donors (Lipinski definition) is 0. The van der Waals surface area contributed by atoms with Crippen molar-refractivity contribution >= 4 is 19.7 Å². The molecule has 0 aromatic carbocycles. The van der Waals surface area contributed by atoms with Gasteiger partial charge in [-0.05, 0) is 19.3 Å². The average molecular weight is 217 g/mol. The Balaban J connectivity index is 4.23. The van der Waals surface area contributed by atoms with Crippen LogP contribution < -0.4 is 0 Å². The smallest absolute Gasteiger partial charge is 0.235 e. The zero-order valence-electron chi connectivity index (χ0n) is 7.47. The van der Waals surface area contributed by atoms with E-state index in [0.29, 0.717) is 0 Å². The molecular formula is C7H14ClFO2S. The Kier molecular flexibility index (Phi) is 3.97. The van der Waals surface area contributed by atoms with Crippen LogP contribution in [0.4, 0.5) is 4.39 Å². The van der Waals surface area contributed by atoms with Crippen LogP contribution >= 0.6 is 10.7 Å². The lowest BCUT2D eigenvalue weighted by molar-refractivity contribution is 0.182. The molecule has 1 atom stereocenters. The van der Waals surface area contributed by atoms with Gasteiger partial charge in [0.1, 0.15) is 5.67 Å². The van der Waals surface area contributed by atoms with Gasteiger partial charge in [-0.2, -0.15) is 0 Å². The molecule has 0 aromatic rings. The third kappa shape index (κ3) is 6.85. The van der Waals surface area contributed by atoms with Gasteiger partial charge in [-0.3, -0.25) is 0 Å². The van der Waals surface area contributed by atoms with Gasteiger partial charge in [0.25, 0.3) is 0 Å². The lowest BCUT2D eigenvalue weighted by Crippen LogP contribution is -2.28. The third-order valence-electron chi connectivity index (χ3n) is 1.31. The van der Waals surface area contributed by atoms with Crippen LogP contribution in [0, 0.1) is 5.92 Å². The van der Waals surface area contributed by atoms with E-state index in [1.807, 2.05) is 13.8 Å². The van der Waals surface area contributed by atoms with E-state index < -0.39 is 20.5 Å². The largest absolute Gasteiger partial charge is 0.243 e. The topological polar surface area (TPSA) is 34.1 Å². The maximum absolute atomic E-state index is 13.4. The van der Waals surface area contributed by atoms with Gasteiger partial charge in [0.05, 0.1) is 5.75 Å². The van der Waals surface area contributed by atoms with Crippen molar-refractivity contribution in [3.05, 3.63) is 0 Å². The van der Waals surface area contributed by atoms with Crippen molar-refractivity contribution in [2.24, 2.45) is 5.92 Å². The van der Waals surface area contributed by atoms with Gasteiger partial charge in [0.15, 0.2) is 0 Å².